The first kappa shape index (κ1) is 24.9. The number of benzene rings is 1. The van der Waals surface area contributed by atoms with Crippen LogP contribution in [0.1, 0.15) is 17.4 Å². The Labute approximate surface area is 205 Å². The van der Waals surface area contributed by atoms with E-state index >= 15 is 0 Å². The van der Waals surface area contributed by atoms with E-state index in [0.29, 0.717) is 44.1 Å². The number of aryl methyl sites for hydroxylation is 1. The fourth-order valence-corrected chi connectivity index (χ4v) is 3.93. The number of nitrogens with zero attached hydrogens (tertiary/aromatic N) is 4. The van der Waals surface area contributed by atoms with Crippen molar-refractivity contribution in [2.24, 2.45) is 0 Å². The topological polar surface area (TPSA) is 91.7 Å². The standard InChI is InChI=1S/C24H25F3N6O3/c1-2-31-12-10-19(30-23(35)29-17-6-8-18(9-7-17)36-24(25,26)27)21(31)22(34)33-15-13-32(14-16-33)20-5-3-4-11-28-20/h3-12H,2,13-16H2,1H3,(H2,29,30,35). The average Bonchev–Trinajstić information content (AvgIpc) is 3.27. The molecule has 1 aliphatic heterocycles. The molecule has 4 rings (SSSR count). The highest BCUT2D eigenvalue weighted by molar-refractivity contribution is 6.06. The van der Waals surface area contributed by atoms with Crippen LogP contribution in [0.25, 0.3) is 0 Å². The first-order valence-corrected chi connectivity index (χ1v) is 11.3. The van der Waals surface area contributed by atoms with E-state index in [1.807, 2.05) is 25.1 Å². The maximum Gasteiger partial charge on any atom is 0.573 e. The molecule has 2 N–H and O–H groups in total. The SMILES string of the molecule is CCn1ccc(NC(=O)Nc2ccc(OC(F)(F)F)cc2)c1C(=O)N1CCN(c2ccccn2)CC1. The van der Waals surface area contributed by atoms with Gasteiger partial charge in [0.25, 0.3) is 5.91 Å². The highest BCUT2D eigenvalue weighted by Gasteiger charge is 2.31. The van der Waals surface area contributed by atoms with Gasteiger partial charge in [-0.25, -0.2) is 9.78 Å². The molecule has 1 aromatic carbocycles. The number of carbonyl (C=O) groups is 2. The van der Waals surface area contributed by atoms with Crippen molar-refractivity contribution < 1.29 is 27.5 Å². The predicted molar refractivity (Wildman–Crippen MR) is 128 cm³/mol. The molecule has 190 valence electrons. The molecule has 3 heterocycles. The average molecular weight is 502 g/mol. The van der Waals surface area contributed by atoms with Gasteiger partial charge in [0.1, 0.15) is 17.3 Å². The number of hydrogen-bond acceptors (Lipinski definition) is 5. The molecule has 0 bridgehead atoms. The van der Waals surface area contributed by atoms with Gasteiger partial charge in [-0.15, -0.1) is 13.2 Å². The molecule has 1 saturated heterocycles. The first-order valence-electron chi connectivity index (χ1n) is 11.3. The third kappa shape index (κ3) is 6.06. The lowest BCUT2D eigenvalue weighted by Crippen LogP contribution is -2.49. The minimum Gasteiger partial charge on any atom is -0.406 e. The van der Waals surface area contributed by atoms with Gasteiger partial charge in [0.05, 0.1) is 5.69 Å². The zero-order chi connectivity index (χ0) is 25.7. The fourth-order valence-electron chi connectivity index (χ4n) is 3.93. The highest BCUT2D eigenvalue weighted by Crippen LogP contribution is 2.25. The summed E-state index contributed by atoms with van der Waals surface area (Å²) in [5.41, 5.74) is 0.951. The molecular formula is C24H25F3N6O3. The predicted octanol–water partition coefficient (Wildman–Crippen LogP) is 4.41. The van der Waals surface area contributed by atoms with Crippen LogP contribution in [0.4, 0.5) is 35.2 Å². The second-order valence-corrected chi connectivity index (χ2v) is 7.98. The van der Waals surface area contributed by atoms with Crippen molar-refractivity contribution in [3.63, 3.8) is 0 Å². The van der Waals surface area contributed by atoms with E-state index in [1.165, 1.54) is 12.1 Å². The third-order valence-corrected chi connectivity index (χ3v) is 5.64. The number of piperazine rings is 1. The van der Waals surface area contributed by atoms with Gasteiger partial charge in [0.15, 0.2) is 0 Å². The smallest absolute Gasteiger partial charge is 0.406 e. The van der Waals surface area contributed by atoms with E-state index in [-0.39, 0.29) is 11.6 Å². The number of amides is 3. The number of urea groups is 1. The van der Waals surface area contributed by atoms with E-state index in [4.69, 9.17) is 0 Å². The summed E-state index contributed by atoms with van der Waals surface area (Å²) in [5.74, 6) is 0.259. The molecule has 1 fully saturated rings. The molecule has 2 aromatic heterocycles. The lowest BCUT2D eigenvalue weighted by Gasteiger charge is -2.35. The van der Waals surface area contributed by atoms with Gasteiger partial charge < -0.3 is 29.7 Å². The molecule has 0 atom stereocenters. The summed E-state index contributed by atoms with van der Waals surface area (Å²) >= 11 is 0. The van der Waals surface area contributed by atoms with Crippen LogP contribution in [-0.2, 0) is 6.54 Å². The van der Waals surface area contributed by atoms with Crippen molar-refractivity contribution in [1.29, 1.82) is 0 Å². The maximum absolute atomic E-state index is 13.4. The number of aromatic nitrogens is 2. The van der Waals surface area contributed by atoms with Crippen LogP contribution >= 0.6 is 0 Å². The Morgan fingerprint density at radius 2 is 1.72 bits per heavy atom. The van der Waals surface area contributed by atoms with Gasteiger partial charge in [0, 0.05) is 50.8 Å². The Kier molecular flexibility index (Phi) is 7.32. The maximum atomic E-state index is 13.4. The number of ether oxygens (including phenoxy) is 1. The van der Waals surface area contributed by atoms with Gasteiger partial charge in [-0.2, -0.15) is 0 Å². The van der Waals surface area contributed by atoms with Crippen molar-refractivity contribution in [2.45, 2.75) is 19.8 Å². The van der Waals surface area contributed by atoms with Crippen molar-refractivity contribution in [3.05, 3.63) is 66.6 Å². The minimum atomic E-state index is -4.80. The van der Waals surface area contributed by atoms with Crippen LogP contribution in [0.3, 0.4) is 0 Å². The van der Waals surface area contributed by atoms with Crippen molar-refractivity contribution in [3.8, 4) is 5.75 Å². The summed E-state index contributed by atoms with van der Waals surface area (Å²) < 4.78 is 42.5. The summed E-state index contributed by atoms with van der Waals surface area (Å²) in [7, 11) is 0. The number of nitrogens with one attached hydrogen (secondary N) is 2. The van der Waals surface area contributed by atoms with E-state index < -0.39 is 18.1 Å². The fraction of sp³-hybridized carbons (Fsp3) is 0.292. The highest BCUT2D eigenvalue weighted by atomic mass is 19.4. The van der Waals surface area contributed by atoms with Crippen LogP contribution in [0, 0.1) is 0 Å². The molecule has 36 heavy (non-hydrogen) atoms. The molecule has 12 heteroatoms. The lowest BCUT2D eigenvalue weighted by molar-refractivity contribution is -0.274. The molecule has 3 aromatic rings. The van der Waals surface area contributed by atoms with Crippen LogP contribution in [-0.4, -0.2) is 58.9 Å². The molecule has 0 aliphatic carbocycles. The summed E-state index contributed by atoms with van der Waals surface area (Å²) in [6, 6.07) is 11.5. The van der Waals surface area contributed by atoms with E-state index in [9.17, 15) is 22.8 Å². The number of pyridine rings is 1. The largest absolute Gasteiger partial charge is 0.573 e. The first-order chi connectivity index (χ1) is 17.2. The van der Waals surface area contributed by atoms with Crippen LogP contribution in [0.5, 0.6) is 5.75 Å². The Morgan fingerprint density at radius 3 is 2.33 bits per heavy atom. The zero-order valence-corrected chi connectivity index (χ0v) is 19.5. The van der Waals surface area contributed by atoms with Gasteiger partial charge in [0.2, 0.25) is 0 Å². The Hall–Kier alpha value is -4.22. The van der Waals surface area contributed by atoms with Gasteiger partial charge in [-0.1, -0.05) is 6.07 Å². The van der Waals surface area contributed by atoms with Crippen LogP contribution in [0.2, 0.25) is 0 Å². The lowest BCUT2D eigenvalue weighted by atomic mass is 10.2. The quantitative estimate of drug-likeness (QED) is 0.521. The Bertz CT molecular complexity index is 1190. The molecule has 0 saturated carbocycles. The number of anilines is 3. The van der Waals surface area contributed by atoms with E-state index in [2.05, 4.69) is 25.3 Å². The summed E-state index contributed by atoms with van der Waals surface area (Å²) in [4.78, 5) is 34.2. The second kappa shape index (κ2) is 10.6. The molecular weight excluding hydrogens is 477 g/mol. The third-order valence-electron chi connectivity index (χ3n) is 5.64. The molecule has 9 nitrogen and oxygen atoms in total. The van der Waals surface area contributed by atoms with E-state index in [0.717, 1.165) is 18.0 Å². The zero-order valence-electron chi connectivity index (χ0n) is 19.5. The Balaban J connectivity index is 1.40. The molecule has 1 aliphatic rings. The van der Waals surface area contributed by atoms with Gasteiger partial charge >= 0.3 is 12.4 Å². The summed E-state index contributed by atoms with van der Waals surface area (Å²) in [6.07, 6.45) is -1.35. The van der Waals surface area contributed by atoms with Crippen molar-refractivity contribution in [2.75, 3.05) is 41.7 Å². The monoisotopic (exact) mass is 502 g/mol. The van der Waals surface area contributed by atoms with Crippen molar-refractivity contribution in [1.82, 2.24) is 14.5 Å². The normalized spacial score (nSPS) is 13.9. The number of hydrogen-bond donors (Lipinski definition) is 2. The van der Waals surface area contributed by atoms with Gasteiger partial charge in [-0.3, -0.25) is 4.79 Å². The van der Waals surface area contributed by atoms with Gasteiger partial charge in [-0.05, 0) is 49.4 Å². The molecule has 0 unspecified atom stereocenters. The number of carbonyl (C=O) groups excluding carboxylic acids is 2. The van der Waals surface area contributed by atoms with Crippen molar-refractivity contribution >= 4 is 29.1 Å². The molecule has 0 radical (unpaired) electrons. The number of rotatable bonds is 6. The van der Waals surface area contributed by atoms with Crippen LogP contribution in [0.15, 0.2) is 60.9 Å². The van der Waals surface area contributed by atoms with Crippen LogP contribution < -0.4 is 20.3 Å². The second-order valence-electron chi connectivity index (χ2n) is 7.98. The van der Waals surface area contributed by atoms with E-state index in [1.54, 1.807) is 27.9 Å². The molecule has 3 amide bonds. The summed E-state index contributed by atoms with van der Waals surface area (Å²) in [6.45, 7) is 4.69. The number of halogens is 3. The molecule has 0 spiro atoms. The summed E-state index contributed by atoms with van der Waals surface area (Å²) in [5, 5.41) is 5.21. The number of alkyl halides is 3. The minimum absolute atomic E-state index is 0.202. The Morgan fingerprint density at radius 1 is 1.00 bits per heavy atom.